The minimum Gasteiger partial charge on any atom is -0.269 e. The van der Waals surface area contributed by atoms with E-state index in [4.69, 9.17) is 23.2 Å². The highest BCUT2D eigenvalue weighted by Gasteiger charge is 2.17. The number of nitrogens with zero attached hydrogens (tertiary/aromatic N) is 6. The molecule has 0 aliphatic heterocycles. The Bertz CT molecular complexity index is 2290. The number of fused-ring (bicyclic) bond motifs is 2. The molecule has 0 spiro atoms. The molecule has 0 aliphatic carbocycles. The van der Waals surface area contributed by atoms with Crippen LogP contribution in [0.4, 0.5) is 17.6 Å². The summed E-state index contributed by atoms with van der Waals surface area (Å²) in [5.74, 6) is -3.31. The van der Waals surface area contributed by atoms with Crippen LogP contribution in [0.15, 0.2) is 80.6 Å². The zero-order chi connectivity index (χ0) is 32.6. The quantitative estimate of drug-likeness (QED) is 0.0973. The van der Waals surface area contributed by atoms with Crippen molar-refractivity contribution in [2.24, 2.45) is 0 Å². The minimum absolute atomic E-state index is 0.00629. The number of halogens is 6. The molecule has 4 aromatic heterocycles. The van der Waals surface area contributed by atoms with E-state index in [0.717, 1.165) is 27.3 Å². The lowest BCUT2D eigenvalue weighted by Crippen LogP contribution is -2.20. The standard InChI is InChI=1S/C14H8ClF2N3O2S.C14H8ClF2N3OS/c1-23(22)14-18-12(15)8-3-5-11(21)20(13(8)19-14)10-4-2-7(16)6-9(10)17;1-22-14-18-12(15)8-3-5-11(21)20(13(8)19-14)10-4-2-7(16)6-9(10)17/h2-6H,1H3;2-6H,1H3. The second-order valence-electron chi connectivity index (χ2n) is 8.93. The fourth-order valence-corrected chi connectivity index (χ4v) is 5.48. The van der Waals surface area contributed by atoms with Crippen molar-refractivity contribution >= 4 is 67.8 Å². The molecule has 230 valence electrons. The van der Waals surface area contributed by atoms with E-state index in [1.807, 2.05) is 0 Å². The van der Waals surface area contributed by atoms with E-state index in [1.165, 1.54) is 48.3 Å². The van der Waals surface area contributed by atoms with Crippen LogP contribution in [0.25, 0.3) is 33.4 Å². The average molecular weight is 696 g/mol. The molecule has 0 N–H and O–H groups in total. The number of pyridine rings is 2. The third-order valence-corrected chi connectivity index (χ3v) is 7.93. The highest BCUT2D eigenvalue weighted by molar-refractivity contribution is 7.98. The van der Waals surface area contributed by atoms with Gasteiger partial charge in [-0.15, -0.1) is 0 Å². The Morgan fingerprint density at radius 1 is 0.689 bits per heavy atom. The summed E-state index contributed by atoms with van der Waals surface area (Å²) in [6, 6.07) is 11.0. The number of hydrogen-bond donors (Lipinski definition) is 0. The predicted molar refractivity (Wildman–Crippen MR) is 164 cm³/mol. The molecule has 6 rings (SSSR count). The first-order chi connectivity index (χ1) is 21.4. The number of aromatic nitrogens is 6. The summed E-state index contributed by atoms with van der Waals surface area (Å²) >= 11 is 13.4. The summed E-state index contributed by atoms with van der Waals surface area (Å²) in [6.45, 7) is 0. The molecule has 0 fully saturated rings. The van der Waals surface area contributed by atoms with E-state index in [2.05, 4.69) is 19.9 Å². The van der Waals surface area contributed by atoms with Crippen LogP contribution in [0.5, 0.6) is 0 Å². The van der Waals surface area contributed by atoms with Gasteiger partial charge in [-0.1, -0.05) is 35.0 Å². The maximum absolute atomic E-state index is 14.1. The molecule has 2 aromatic carbocycles. The van der Waals surface area contributed by atoms with Crippen LogP contribution >= 0.6 is 35.0 Å². The lowest BCUT2D eigenvalue weighted by molar-refractivity contribution is 0.576. The fourth-order valence-electron chi connectivity index (χ4n) is 4.13. The molecule has 9 nitrogen and oxygen atoms in total. The van der Waals surface area contributed by atoms with Gasteiger partial charge < -0.3 is 0 Å². The molecular formula is C28H16Cl2F4N6O3S2. The van der Waals surface area contributed by atoms with Crippen LogP contribution in [0.3, 0.4) is 0 Å². The summed E-state index contributed by atoms with van der Waals surface area (Å²) in [6.07, 6.45) is 3.10. The fraction of sp³-hybridized carbons (Fsp3) is 0.0714. The van der Waals surface area contributed by atoms with Gasteiger partial charge >= 0.3 is 0 Å². The predicted octanol–water partition coefficient (Wildman–Crippen LogP) is 5.88. The highest BCUT2D eigenvalue weighted by atomic mass is 35.5. The zero-order valence-electron chi connectivity index (χ0n) is 22.8. The van der Waals surface area contributed by atoms with Gasteiger partial charge in [0.25, 0.3) is 11.1 Å². The van der Waals surface area contributed by atoms with Crippen LogP contribution in [-0.4, -0.2) is 45.8 Å². The zero-order valence-corrected chi connectivity index (χ0v) is 25.9. The van der Waals surface area contributed by atoms with Gasteiger partial charge in [0.1, 0.15) is 33.6 Å². The Balaban J connectivity index is 0.000000178. The number of benzene rings is 2. The van der Waals surface area contributed by atoms with E-state index in [0.29, 0.717) is 22.7 Å². The molecule has 17 heteroatoms. The Kier molecular flexibility index (Phi) is 9.34. The molecule has 1 atom stereocenters. The Labute approximate surface area is 267 Å². The molecule has 0 bridgehead atoms. The maximum atomic E-state index is 14.1. The van der Waals surface area contributed by atoms with Crippen molar-refractivity contribution in [3.05, 3.63) is 115 Å². The summed E-state index contributed by atoms with van der Waals surface area (Å²) < 4.78 is 67.9. The van der Waals surface area contributed by atoms with Crippen molar-refractivity contribution in [2.75, 3.05) is 12.5 Å². The third kappa shape index (κ3) is 6.47. The van der Waals surface area contributed by atoms with Gasteiger partial charge in [-0.25, -0.2) is 37.5 Å². The van der Waals surface area contributed by atoms with E-state index in [9.17, 15) is 31.4 Å². The molecule has 0 saturated carbocycles. The van der Waals surface area contributed by atoms with Gasteiger partial charge in [0.05, 0.1) is 32.9 Å². The van der Waals surface area contributed by atoms with Crippen molar-refractivity contribution < 1.29 is 21.8 Å². The van der Waals surface area contributed by atoms with Crippen LogP contribution in [0.1, 0.15) is 0 Å². The van der Waals surface area contributed by atoms with Crippen molar-refractivity contribution in [2.45, 2.75) is 10.3 Å². The molecule has 0 aliphatic rings. The molecule has 4 heterocycles. The first-order valence-electron chi connectivity index (χ1n) is 12.4. The van der Waals surface area contributed by atoms with Gasteiger partial charge in [-0.2, -0.15) is 0 Å². The van der Waals surface area contributed by atoms with Crippen LogP contribution < -0.4 is 11.1 Å². The lowest BCUT2D eigenvalue weighted by Gasteiger charge is -2.11. The largest absolute Gasteiger partial charge is 0.269 e. The van der Waals surface area contributed by atoms with Gasteiger partial charge in [-0.05, 0) is 42.7 Å². The molecule has 1 unspecified atom stereocenters. The number of thioether (sulfide) groups is 1. The smallest absolute Gasteiger partial charge is 0.256 e. The monoisotopic (exact) mass is 694 g/mol. The van der Waals surface area contributed by atoms with Crippen molar-refractivity contribution in [3.63, 3.8) is 0 Å². The first-order valence-corrected chi connectivity index (χ1v) is 15.9. The molecular weight excluding hydrogens is 679 g/mol. The highest BCUT2D eigenvalue weighted by Crippen LogP contribution is 2.26. The molecule has 0 saturated heterocycles. The first kappa shape index (κ1) is 32.2. The van der Waals surface area contributed by atoms with Gasteiger partial charge in [-0.3, -0.25) is 22.9 Å². The topological polar surface area (TPSA) is 113 Å². The van der Waals surface area contributed by atoms with Crippen molar-refractivity contribution in [1.82, 2.24) is 29.1 Å². The van der Waals surface area contributed by atoms with Crippen LogP contribution in [0.2, 0.25) is 10.3 Å². The number of rotatable bonds is 4. The lowest BCUT2D eigenvalue weighted by atomic mass is 10.2. The van der Waals surface area contributed by atoms with Crippen molar-refractivity contribution in [1.29, 1.82) is 0 Å². The SMILES string of the molecule is CS(=O)c1nc(Cl)c2ccc(=O)n(-c3ccc(F)cc3F)c2n1.CSc1nc(Cl)c2ccc(=O)n(-c3ccc(F)cc3F)c2n1. The Morgan fingerprint density at radius 3 is 1.60 bits per heavy atom. The second kappa shape index (κ2) is 13.0. The number of hydrogen-bond acceptors (Lipinski definition) is 8. The Hall–Kier alpha value is -4.18. The summed E-state index contributed by atoms with van der Waals surface area (Å²) in [4.78, 5) is 40.6. The van der Waals surface area contributed by atoms with Gasteiger partial charge in [0.15, 0.2) is 16.5 Å². The van der Waals surface area contributed by atoms with E-state index >= 15 is 0 Å². The maximum Gasteiger partial charge on any atom is 0.256 e. The van der Waals surface area contributed by atoms with E-state index < -0.39 is 45.2 Å². The third-order valence-electron chi connectivity index (χ3n) is 6.11. The van der Waals surface area contributed by atoms with Gasteiger partial charge in [0.2, 0.25) is 5.16 Å². The van der Waals surface area contributed by atoms with Crippen LogP contribution in [-0.2, 0) is 10.8 Å². The molecule has 0 radical (unpaired) electrons. The summed E-state index contributed by atoms with van der Waals surface area (Å²) in [5.41, 5.74) is -1.22. The normalized spacial score (nSPS) is 11.8. The Morgan fingerprint density at radius 2 is 1.16 bits per heavy atom. The van der Waals surface area contributed by atoms with Crippen LogP contribution in [0, 0.1) is 23.3 Å². The second-order valence-corrected chi connectivity index (χ2v) is 11.7. The summed E-state index contributed by atoms with van der Waals surface area (Å²) in [7, 11) is -1.55. The molecule has 0 amide bonds. The minimum atomic E-state index is -1.55. The van der Waals surface area contributed by atoms with E-state index in [1.54, 1.807) is 6.26 Å². The average Bonchev–Trinajstić information content (AvgIpc) is 2.98. The molecule has 6 aromatic rings. The summed E-state index contributed by atoms with van der Waals surface area (Å²) in [5, 5.41) is 1.08. The molecule has 45 heavy (non-hydrogen) atoms. The van der Waals surface area contributed by atoms with Crippen molar-refractivity contribution in [3.8, 4) is 11.4 Å². The van der Waals surface area contributed by atoms with E-state index in [-0.39, 0.29) is 43.5 Å². The van der Waals surface area contributed by atoms with Gasteiger partial charge in [0, 0.05) is 30.5 Å².